The van der Waals surface area contributed by atoms with E-state index in [0.717, 1.165) is 11.8 Å². The molecule has 0 saturated carbocycles. The molecule has 1 heterocycles. The number of H-pyrrole nitrogens is 1. The molecular formula is C19H21N5O7S. The predicted octanol–water partition coefficient (Wildman–Crippen LogP) is 0.617. The number of esters is 1. The Hall–Kier alpha value is -4.00. The number of aromatic amines is 1. The number of benzene rings is 1. The molecule has 3 amide bonds. The molecule has 0 aliphatic heterocycles. The van der Waals surface area contributed by atoms with Crippen molar-refractivity contribution in [2.45, 2.75) is 11.9 Å². The second-order valence-corrected chi connectivity index (χ2v) is 7.17. The number of nitrogens with one attached hydrogen (secondary N) is 3. The van der Waals surface area contributed by atoms with Gasteiger partial charge in [0.2, 0.25) is 5.91 Å². The van der Waals surface area contributed by atoms with Crippen LogP contribution in [0.1, 0.15) is 38.0 Å². The summed E-state index contributed by atoms with van der Waals surface area (Å²) in [6.45, 7) is 1.56. The molecule has 0 aliphatic carbocycles. The van der Waals surface area contributed by atoms with Crippen LogP contribution in [0, 0.1) is 0 Å². The number of primary amides is 2. The topological polar surface area (TPSA) is 207 Å². The van der Waals surface area contributed by atoms with Crippen molar-refractivity contribution < 1.29 is 33.8 Å². The Morgan fingerprint density at radius 1 is 1.06 bits per heavy atom. The lowest BCUT2D eigenvalue weighted by Crippen LogP contribution is -2.25. The highest BCUT2D eigenvalue weighted by molar-refractivity contribution is 8.00. The van der Waals surface area contributed by atoms with Crippen LogP contribution >= 0.6 is 11.8 Å². The number of anilines is 2. The number of aromatic carboxylic acids is 1. The maximum absolute atomic E-state index is 12.3. The fourth-order valence-electron chi connectivity index (χ4n) is 2.59. The number of rotatable bonds is 11. The molecule has 0 atom stereocenters. The van der Waals surface area contributed by atoms with Gasteiger partial charge in [0.25, 0.3) is 11.8 Å². The quantitative estimate of drug-likeness (QED) is 0.203. The van der Waals surface area contributed by atoms with E-state index in [1.54, 1.807) is 6.92 Å². The van der Waals surface area contributed by atoms with Crippen LogP contribution in [-0.2, 0) is 14.3 Å². The van der Waals surface area contributed by atoms with Gasteiger partial charge in [-0.15, -0.1) is 0 Å². The van der Waals surface area contributed by atoms with E-state index < -0.39 is 29.7 Å². The lowest BCUT2D eigenvalue weighted by molar-refractivity contribution is -0.139. The second kappa shape index (κ2) is 10.9. The largest absolute Gasteiger partial charge is 0.478 e. The Balaban J connectivity index is 2.16. The molecule has 13 heteroatoms. The van der Waals surface area contributed by atoms with Gasteiger partial charge in [-0.3, -0.25) is 19.2 Å². The van der Waals surface area contributed by atoms with Crippen molar-refractivity contribution in [1.82, 2.24) is 4.98 Å². The average Bonchev–Trinajstić information content (AvgIpc) is 3.09. The van der Waals surface area contributed by atoms with Crippen LogP contribution in [0.5, 0.6) is 0 Å². The molecule has 0 spiro atoms. The maximum Gasteiger partial charge on any atom is 0.335 e. The standard InChI is InChI=1S/C19H21N5O7S/c1-2-31-12(26)8-32-18-14(16(21)28)13(15(20)27)17(24-18)23-11(25)7-22-10-5-3-9(4-6-10)19(29)30/h3-6,22,24H,2,7-8H2,1H3,(H2,20,27)(H2,21,28)(H,23,25)(H,29,30). The lowest BCUT2D eigenvalue weighted by Gasteiger charge is -2.08. The molecular weight excluding hydrogens is 442 g/mol. The molecule has 0 unspecified atom stereocenters. The van der Waals surface area contributed by atoms with Gasteiger partial charge in [0.1, 0.15) is 5.82 Å². The van der Waals surface area contributed by atoms with E-state index >= 15 is 0 Å². The summed E-state index contributed by atoms with van der Waals surface area (Å²) in [6, 6.07) is 5.70. The minimum Gasteiger partial charge on any atom is -0.478 e. The Morgan fingerprint density at radius 2 is 1.69 bits per heavy atom. The number of nitrogens with two attached hydrogens (primary N) is 2. The predicted molar refractivity (Wildman–Crippen MR) is 116 cm³/mol. The maximum atomic E-state index is 12.3. The number of carbonyl (C=O) groups is 5. The average molecular weight is 463 g/mol. The zero-order chi connectivity index (χ0) is 23.8. The van der Waals surface area contributed by atoms with Gasteiger partial charge in [0.05, 0.1) is 40.6 Å². The SMILES string of the molecule is CCOC(=O)CSc1[nH]c(NC(=O)CNc2ccc(C(=O)O)cc2)c(C(N)=O)c1C(N)=O. The van der Waals surface area contributed by atoms with Crippen LogP contribution in [0.2, 0.25) is 0 Å². The first-order valence-electron chi connectivity index (χ1n) is 9.15. The van der Waals surface area contributed by atoms with Crippen molar-refractivity contribution in [3.8, 4) is 0 Å². The molecule has 2 aromatic rings. The number of hydrogen-bond acceptors (Lipinski definition) is 8. The highest BCUT2D eigenvalue weighted by Gasteiger charge is 2.27. The van der Waals surface area contributed by atoms with E-state index in [1.165, 1.54) is 24.3 Å². The molecule has 12 nitrogen and oxygen atoms in total. The van der Waals surface area contributed by atoms with Gasteiger partial charge in [-0.1, -0.05) is 11.8 Å². The number of carboxylic acids is 1. The van der Waals surface area contributed by atoms with E-state index in [-0.39, 0.29) is 46.4 Å². The van der Waals surface area contributed by atoms with Crippen molar-refractivity contribution in [2.75, 3.05) is 29.5 Å². The number of thioether (sulfide) groups is 1. The van der Waals surface area contributed by atoms with Gasteiger partial charge in [-0.05, 0) is 31.2 Å². The molecule has 0 fully saturated rings. The number of carbonyl (C=O) groups excluding carboxylic acids is 4. The molecule has 1 aromatic carbocycles. The highest BCUT2D eigenvalue weighted by Crippen LogP contribution is 2.30. The smallest absolute Gasteiger partial charge is 0.335 e. The Morgan fingerprint density at radius 3 is 2.22 bits per heavy atom. The summed E-state index contributed by atoms with van der Waals surface area (Å²) in [4.78, 5) is 61.3. The van der Waals surface area contributed by atoms with Gasteiger partial charge in [0, 0.05) is 5.69 Å². The third-order valence-corrected chi connectivity index (χ3v) is 4.92. The van der Waals surface area contributed by atoms with Crippen LogP contribution in [0.15, 0.2) is 29.3 Å². The van der Waals surface area contributed by atoms with E-state index in [4.69, 9.17) is 21.3 Å². The summed E-state index contributed by atoms with van der Waals surface area (Å²) in [5.74, 6) is -4.54. The van der Waals surface area contributed by atoms with Crippen molar-refractivity contribution in [2.24, 2.45) is 11.5 Å². The second-order valence-electron chi connectivity index (χ2n) is 6.19. The monoisotopic (exact) mass is 463 g/mol. The summed E-state index contributed by atoms with van der Waals surface area (Å²) in [5.41, 5.74) is 10.7. The van der Waals surface area contributed by atoms with Crippen LogP contribution < -0.4 is 22.1 Å². The summed E-state index contributed by atoms with van der Waals surface area (Å²) >= 11 is 0.863. The molecule has 1 aromatic heterocycles. The van der Waals surface area contributed by atoms with Crippen LogP contribution in [0.25, 0.3) is 0 Å². The van der Waals surface area contributed by atoms with Gasteiger partial charge in [0.15, 0.2) is 0 Å². The molecule has 0 aliphatic rings. The van der Waals surface area contributed by atoms with E-state index in [9.17, 15) is 24.0 Å². The highest BCUT2D eigenvalue weighted by atomic mass is 32.2. The fourth-order valence-corrected chi connectivity index (χ4v) is 3.46. The van der Waals surface area contributed by atoms with Gasteiger partial charge >= 0.3 is 11.9 Å². The molecule has 2 rings (SSSR count). The molecule has 170 valence electrons. The van der Waals surface area contributed by atoms with Crippen molar-refractivity contribution in [3.05, 3.63) is 41.0 Å². The van der Waals surface area contributed by atoms with Crippen molar-refractivity contribution in [3.63, 3.8) is 0 Å². The van der Waals surface area contributed by atoms with E-state index in [1.807, 2.05) is 0 Å². The fraction of sp³-hybridized carbons (Fsp3) is 0.211. The third-order valence-electron chi connectivity index (χ3n) is 3.95. The number of aromatic nitrogens is 1. The lowest BCUT2D eigenvalue weighted by atomic mass is 10.1. The number of hydrogen-bond donors (Lipinski definition) is 6. The molecule has 0 bridgehead atoms. The van der Waals surface area contributed by atoms with Crippen molar-refractivity contribution >= 4 is 52.9 Å². The zero-order valence-electron chi connectivity index (χ0n) is 16.9. The Bertz CT molecular complexity index is 1050. The molecule has 0 radical (unpaired) electrons. The number of carboxylic acid groups (broad SMARTS) is 1. The van der Waals surface area contributed by atoms with Crippen LogP contribution in [-0.4, -0.2) is 58.7 Å². The number of ether oxygens (including phenoxy) is 1. The van der Waals surface area contributed by atoms with E-state index in [2.05, 4.69) is 15.6 Å². The number of amides is 3. The Labute approximate surface area is 186 Å². The van der Waals surface area contributed by atoms with E-state index in [0.29, 0.717) is 5.69 Å². The summed E-state index contributed by atoms with van der Waals surface area (Å²) < 4.78 is 4.82. The first-order chi connectivity index (χ1) is 15.1. The molecule has 8 N–H and O–H groups in total. The molecule has 32 heavy (non-hydrogen) atoms. The zero-order valence-corrected chi connectivity index (χ0v) is 17.7. The van der Waals surface area contributed by atoms with Crippen LogP contribution in [0.3, 0.4) is 0 Å². The van der Waals surface area contributed by atoms with Gasteiger partial charge in [-0.2, -0.15) is 0 Å². The minimum absolute atomic E-state index is 0.0758. The third kappa shape index (κ3) is 6.25. The summed E-state index contributed by atoms with van der Waals surface area (Å²) in [7, 11) is 0. The summed E-state index contributed by atoms with van der Waals surface area (Å²) in [6.07, 6.45) is 0. The summed E-state index contributed by atoms with van der Waals surface area (Å²) in [5, 5.41) is 14.2. The van der Waals surface area contributed by atoms with Crippen molar-refractivity contribution in [1.29, 1.82) is 0 Å². The first kappa shape index (κ1) is 24.3. The first-order valence-corrected chi connectivity index (χ1v) is 10.1. The molecule has 0 saturated heterocycles. The van der Waals surface area contributed by atoms with Gasteiger partial charge < -0.3 is 36.9 Å². The normalized spacial score (nSPS) is 10.3. The van der Waals surface area contributed by atoms with Crippen LogP contribution in [0.4, 0.5) is 11.5 Å². The Kier molecular flexibility index (Phi) is 8.24. The van der Waals surface area contributed by atoms with Gasteiger partial charge in [-0.25, -0.2) is 4.79 Å². The minimum atomic E-state index is -1.08.